The van der Waals surface area contributed by atoms with Gasteiger partial charge in [-0.05, 0) is 25.0 Å². The molecule has 0 radical (unpaired) electrons. The minimum atomic E-state index is -4.28. The fraction of sp³-hybridized carbons (Fsp3) is 0.294. The first-order chi connectivity index (χ1) is 13.7. The molecule has 3 rings (SSSR count). The number of nitrogens with zero attached hydrogens (tertiary/aromatic N) is 4. The first-order valence-electron chi connectivity index (χ1n) is 8.53. The molecule has 0 spiro atoms. The lowest BCUT2D eigenvalue weighted by Gasteiger charge is -2.12. The third kappa shape index (κ3) is 4.26. The lowest BCUT2D eigenvalue weighted by molar-refractivity contribution is -0.136. The van der Waals surface area contributed by atoms with Crippen molar-refractivity contribution in [1.82, 2.24) is 19.6 Å². The number of carbonyl (C=O) groups is 1. The number of ether oxygens (including phenoxy) is 1. The van der Waals surface area contributed by atoms with Crippen LogP contribution in [0.5, 0.6) is 5.88 Å². The fourth-order valence-electron chi connectivity index (χ4n) is 2.67. The zero-order valence-electron chi connectivity index (χ0n) is 15.6. The number of fused-ring (bicyclic) bond motifs is 1. The van der Waals surface area contributed by atoms with Crippen LogP contribution in [0.2, 0.25) is 0 Å². The number of hydrogen-bond donors (Lipinski definition) is 2. The molecule has 0 saturated carbocycles. The van der Waals surface area contributed by atoms with Gasteiger partial charge in [-0.1, -0.05) is 18.2 Å². The highest BCUT2D eigenvalue weighted by Gasteiger charge is 2.25. The topological polar surface area (TPSA) is 136 Å². The molecule has 1 aromatic carbocycles. The predicted octanol–water partition coefficient (Wildman–Crippen LogP) is 1.73. The number of anilines is 1. The molecule has 0 saturated heterocycles. The summed E-state index contributed by atoms with van der Waals surface area (Å²) in [5, 5.41) is 12.4. The number of alkyl halides is 1. The average Bonchev–Trinajstić information content (AvgIpc) is 3.10. The molecule has 0 amide bonds. The van der Waals surface area contributed by atoms with Crippen LogP contribution >= 0.6 is 0 Å². The SMILES string of the molecule is CCOc1cc(CF)nc2nc(S(=O)(=O)Nc3c(C)cccc3CC(=O)O)nn12. The van der Waals surface area contributed by atoms with Crippen LogP contribution in [0.15, 0.2) is 29.4 Å². The minimum absolute atomic E-state index is 0.0212. The zero-order chi connectivity index (χ0) is 21.2. The van der Waals surface area contributed by atoms with Crippen molar-refractivity contribution in [2.45, 2.75) is 32.1 Å². The van der Waals surface area contributed by atoms with E-state index in [1.807, 2.05) is 0 Å². The maximum Gasteiger partial charge on any atom is 0.307 e. The van der Waals surface area contributed by atoms with Crippen LogP contribution in [0.25, 0.3) is 5.78 Å². The van der Waals surface area contributed by atoms with Gasteiger partial charge in [-0.3, -0.25) is 9.52 Å². The molecule has 0 aliphatic carbocycles. The van der Waals surface area contributed by atoms with E-state index in [1.165, 1.54) is 12.1 Å². The Labute approximate surface area is 165 Å². The van der Waals surface area contributed by atoms with E-state index in [2.05, 4.69) is 19.8 Å². The van der Waals surface area contributed by atoms with Gasteiger partial charge >= 0.3 is 5.97 Å². The number of carboxylic acid groups (broad SMARTS) is 1. The lowest BCUT2D eigenvalue weighted by atomic mass is 10.1. The quantitative estimate of drug-likeness (QED) is 0.559. The number of hydrogen-bond acceptors (Lipinski definition) is 7. The summed E-state index contributed by atoms with van der Waals surface area (Å²) in [6, 6.07) is 6.09. The van der Waals surface area contributed by atoms with Crippen molar-refractivity contribution >= 4 is 27.5 Å². The zero-order valence-corrected chi connectivity index (χ0v) is 16.4. The third-order valence-corrected chi connectivity index (χ3v) is 5.05. The Morgan fingerprint density at radius 1 is 1.34 bits per heavy atom. The Morgan fingerprint density at radius 3 is 2.76 bits per heavy atom. The van der Waals surface area contributed by atoms with Gasteiger partial charge in [0, 0.05) is 6.07 Å². The van der Waals surface area contributed by atoms with E-state index < -0.39 is 27.8 Å². The van der Waals surface area contributed by atoms with Crippen molar-refractivity contribution < 1.29 is 27.4 Å². The smallest absolute Gasteiger partial charge is 0.307 e. The number of nitrogens with one attached hydrogen (secondary N) is 1. The summed E-state index contributed by atoms with van der Waals surface area (Å²) in [6.45, 7) is 2.71. The Balaban J connectivity index is 2.06. The average molecular weight is 423 g/mol. The Hall–Kier alpha value is -3.28. The number of carboxylic acids is 1. The summed E-state index contributed by atoms with van der Waals surface area (Å²) in [4.78, 5) is 18.9. The van der Waals surface area contributed by atoms with Crippen molar-refractivity contribution in [3.63, 3.8) is 0 Å². The molecule has 12 heteroatoms. The van der Waals surface area contributed by atoms with Crippen molar-refractivity contribution in [1.29, 1.82) is 0 Å². The molecule has 154 valence electrons. The van der Waals surface area contributed by atoms with Gasteiger partial charge in [-0.25, -0.2) is 9.37 Å². The van der Waals surface area contributed by atoms with Crippen LogP contribution in [-0.2, 0) is 27.9 Å². The number of sulfonamides is 1. The van der Waals surface area contributed by atoms with Gasteiger partial charge in [-0.15, -0.1) is 5.10 Å². The molecule has 29 heavy (non-hydrogen) atoms. The summed E-state index contributed by atoms with van der Waals surface area (Å²) in [5.74, 6) is -1.15. The number of benzene rings is 1. The Kier molecular flexibility index (Phi) is 5.64. The first-order valence-corrected chi connectivity index (χ1v) is 10.0. The second-order valence-electron chi connectivity index (χ2n) is 6.04. The second kappa shape index (κ2) is 7.99. The third-order valence-electron chi connectivity index (χ3n) is 3.92. The number of para-hydroxylation sites is 1. The molecular weight excluding hydrogens is 405 g/mol. The van der Waals surface area contributed by atoms with Crippen molar-refractivity contribution in [3.05, 3.63) is 41.1 Å². The molecule has 2 aromatic heterocycles. The van der Waals surface area contributed by atoms with Gasteiger partial charge in [0.25, 0.3) is 21.0 Å². The molecular formula is C17H18FN5O5S. The van der Waals surface area contributed by atoms with Crippen LogP contribution < -0.4 is 9.46 Å². The van der Waals surface area contributed by atoms with E-state index in [4.69, 9.17) is 9.84 Å². The first kappa shape index (κ1) is 20.5. The number of aliphatic carboxylic acids is 1. The molecule has 0 unspecified atom stereocenters. The highest BCUT2D eigenvalue weighted by molar-refractivity contribution is 7.92. The Bertz CT molecular complexity index is 1180. The maximum absolute atomic E-state index is 13.0. The predicted molar refractivity (Wildman–Crippen MR) is 100 cm³/mol. The summed E-state index contributed by atoms with van der Waals surface area (Å²) in [7, 11) is -4.28. The van der Waals surface area contributed by atoms with Crippen LogP contribution in [0.1, 0.15) is 23.7 Å². The molecule has 2 heterocycles. The van der Waals surface area contributed by atoms with E-state index in [1.54, 1.807) is 26.0 Å². The summed E-state index contributed by atoms with van der Waals surface area (Å²) >= 11 is 0. The van der Waals surface area contributed by atoms with Crippen LogP contribution in [0.3, 0.4) is 0 Å². The van der Waals surface area contributed by atoms with Crippen molar-refractivity contribution in [3.8, 4) is 5.88 Å². The number of aromatic nitrogens is 4. The van der Waals surface area contributed by atoms with E-state index in [9.17, 15) is 17.6 Å². The molecule has 0 atom stereocenters. The molecule has 10 nitrogen and oxygen atoms in total. The number of rotatable bonds is 8. The van der Waals surface area contributed by atoms with Crippen LogP contribution in [0, 0.1) is 6.92 Å². The van der Waals surface area contributed by atoms with Gasteiger partial charge in [0.15, 0.2) is 0 Å². The lowest BCUT2D eigenvalue weighted by Crippen LogP contribution is -2.17. The summed E-state index contributed by atoms with van der Waals surface area (Å²) < 4.78 is 47.5. The normalized spacial score (nSPS) is 11.6. The van der Waals surface area contributed by atoms with Gasteiger partial charge in [0.1, 0.15) is 6.67 Å². The molecule has 0 aliphatic rings. The van der Waals surface area contributed by atoms with E-state index in [0.29, 0.717) is 5.56 Å². The van der Waals surface area contributed by atoms with Gasteiger partial charge in [-0.2, -0.15) is 17.9 Å². The van der Waals surface area contributed by atoms with E-state index in [0.717, 1.165) is 4.52 Å². The molecule has 2 N–H and O–H groups in total. The highest BCUT2D eigenvalue weighted by atomic mass is 32.2. The standard InChI is InChI=1S/C17H18FN5O5S/c1-3-28-13-8-12(9-18)19-16-20-17(21-23(13)16)29(26,27)22-15-10(2)5-4-6-11(15)7-14(24)25/h4-6,8,22H,3,7,9H2,1-2H3,(H,24,25). The van der Waals surface area contributed by atoms with E-state index in [-0.39, 0.29) is 41.6 Å². The monoisotopic (exact) mass is 423 g/mol. The Morgan fingerprint density at radius 2 is 2.10 bits per heavy atom. The summed E-state index contributed by atoms with van der Waals surface area (Å²) in [6.07, 6.45) is -0.367. The number of halogens is 1. The number of aryl methyl sites for hydroxylation is 1. The van der Waals surface area contributed by atoms with Crippen molar-refractivity contribution in [2.24, 2.45) is 0 Å². The van der Waals surface area contributed by atoms with Gasteiger partial charge in [0.2, 0.25) is 5.88 Å². The molecule has 0 fully saturated rings. The minimum Gasteiger partial charge on any atom is -0.481 e. The molecule has 0 aliphatic heterocycles. The maximum atomic E-state index is 13.0. The van der Waals surface area contributed by atoms with Crippen LogP contribution in [0.4, 0.5) is 10.1 Å². The largest absolute Gasteiger partial charge is 0.481 e. The molecule has 3 aromatic rings. The van der Waals surface area contributed by atoms with Crippen molar-refractivity contribution in [2.75, 3.05) is 11.3 Å². The summed E-state index contributed by atoms with van der Waals surface area (Å²) in [5.41, 5.74) is 0.978. The highest BCUT2D eigenvalue weighted by Crippen LogP contribution is 2.25. The molecule has 0 bridgehead atoms. The fourth-order valence-corrected chi connectivity index (χ4v) is 3.71. The van der Waals surface area contributed by atoms with E-state index >= 15 is 0 Å². The van der Waals surface area contributed by atoms with Gasteiger partial charge in [0.05, 0.1) is 24.4 Å². The van der Waals surface area contributed by atoms with Gasteiger partial charge < -0.3 is 9.84 Å². The second-order valence-corrected chi connectivity index (χ2v) is 7.62. The van der Waals surface area contributed by atoms with Crippen LogP contribution in [-0.4, -0.2) is 45.7 Å².